The fraction of sp³-hybridized carbons (Fsp3) is 0.500. The van der Waals surface area contributed by atoms with Crippen molar-refractivity contribution in [2.75, 3.05) is 13.1 Å². The number of terminal acetylenes is 1. The Morgan fingerprint density at radius 3 is 2.32 bits per heavy atom. The predicted octanol–water partition coefficient (Wildman–Crippen LogP) is 4.31. The second kappa shape index (κ2) is 6.38. The van der Waals surface area contributed by atoms with Crippen LogP contribution >= 0.6 is 0 Å². The number of rotatable bonds is 4. The highest BCUT2D eigenvalue weighted by atomic mass is 15.5. The first kappa shape index (κ1) is 15.2. The second-order valence-corrected chi connectivity index (χ2v) is 5.45. The molecule has 1 rings (SSSR count). The Hall–Kier alpha value is -1.82. The maximum atomic E-state index is 5.57. The smallest absolute Gasteiger partial charge is 0.103 e. The van der Waals surface area contributed by atoms with Gasteiger partial charge in [-0.2, -0.15) is 0 Å². The summed E-state index contributed by atoms with van der Waals surface area (Å²) in [5.74, 6) is 2.70. The summed E-state index contributed by atoms with van der Waals surface area (Å²) in [7, 11) is 0. The molecule has 0 spiro atoms. The zero-order valence-electron chi connectivity index (χ0n) is 12.6. The second-order valence-electron chi connectivity index (χ2n) is 5.45. The van der Waals surface area contributed by atoms with Crippen LogP contribution in [-0.4, -0.2) is 18.1 Å². The lowest BCUT2D eigenvalue weighted by Gasteiger charge is -2.19. The van der Waals surface area contributed by atoms with Gasteiger partial charge in [-0.3, -0.25) is 5.01 Å². The van der Waals surface area contributed by atoms with Gasteiger partial charge >= 0.3 is 0 Å². The molecule has 0 N–H and O–H groups in total. The van der Waals surface area contributed by atoms with E-state index < -0.39 is 0 Å². The van der Waals surface area contributed by atoms with Crippen LogP contribution in [0.25, 0.3) is 0 Å². The summed E-state index contributed by atoms with van der Waals surface area (Å²) in [5.41, 5.74) is 2.84. The molecule has 1 aromatic rings. The van der Waals surface area contributed by atoms with E-state index in [4.69, 9.17) is 6.42 Å². The van der Waals surface area contributed by atoms with Crippen molar-refractivity contribution in [3.8, 4) is 12.3 Å². The van der Waals surface area contributed by atoms with Crippen LogP contribution < -0.4 is 0 Å². The predicted molar refractivity (Wildman–Crippen MR) is 80.5 cm³/mol. The molecule has 0 aliphatic carbocycles. The third-order valence-electron chi connectivity index (χ3n) is 3.03. The van der Waals surface area contributed by atoms with Crippen LogP contribution in [0, 0.1) is 12.3 Å². The summed E-state index contributed by atoms with van der Waals surface area (Å²) in [6.07, 6.45) is 5.57. The third kappa shape index (κ3) is 4.10. The molecule has 0 aromatic heterocycles. The molecule has 0 bridgehead atoms. The molecule has 19 heavy (non-hydrogen) atoms. The van der Waals surface area contributed by atoms with Crippen molar-refractivity contribution < 1.29 is 0 Å². The summed E-state index contributed by atoms with van der Waals surface area (Å²) in [5, 5.41) is 10.3. The molecule has 0 aliphatic rings. The molecule has 0 saturated carbocycles. The number of nitrogens with zero attached hydrogens (tertiary/aromatic N) is 3. The van der Waals surface area contributed by atoms with E-state index in [9.17, 15) is 0 Å². The molecule has 0 atom stereocenters. The molecular formula is C16H23N3. The summed E-state index contributed by atoms with van der Waals surface area (Å²) >= 11 is 0. The molecule has 0 fully saturated rings. The molecule has 0 heterocycles. The Balaban J connectivity index is 3.08. The maximum Gasteiger partial charge on any atom is 0.103 e. The van der Waals surface area contributed by atoms with Gasteiger partial charge in [-0.05, 0) is 37.0 Å². The van der Waals surface area contributed by atoms with E-state index in [-0.39, 0.29) is 5.41 Å². The molecular weight excluding hydrogens is 234 g/mol. The van der Waals surface area contributed by atoms with E-state index in [1.54, 1.807) is 0 Å². The number of hydrogen-bond acceptors (Lipinski definition) is 2. The molecule has 3 nitrogen and oxygen atoms in total. The average molecular weight is 257 g/mol. The summed E-state index contributed by atoms with van der Waals surface area (Å²) in [4.78, 5) is 0. The van der Waals surface area contributed by atoms with Gasteiger partial charge in [0.2, 0.25) is 0 Å². The van der Waals surface area contributed by atoms with Crippen LogP contribution in [0.5, 0.6) is 0 Å². The van der Waals surface area contributed by atoms with Crippen LogP contribution in [0.1, 0.15) is 45.7 Å². The Labute approximate surface area is 116 Å². The van der Waals surface area contributed by atoms with Crippen molar-refractivity contribution >= 4 is 5.69 Å². The van der Waals surface area contributed by atoms with Crippen molar-refractivity contribution in [2.24, 2.45) is 10.3 Å². The van der Waals surface area contributed by atoms with Gasteiger partial charge in [-0.1, -0.05) is 38.0 Å². The maximum absolute atomic E-state index is 5.57. The Bertz CT molecular complexity index is 486. The molecule has 0 saturated heterocycles. The topological polar surface area (TPSA) is 28.0 Å². The first-order chi connectivity index (χ1) is 8.92. The van der Waals surface area contributed by atoms with Gasteiger partial charge in [0.25, 0.3) is 0 Å². The molecule has 3 heteroatoms. The minimum atomic E-state index is 0.0835. The summed E-state index contributed by atoms with van der Waals surface area (Å²) < 4.78 is 0. The van der Waals surface area contributed by atoms with Gasteiger partial charge < -0.3 is 0 Å². The van der Waals surface area contributed by atoms with Gasteiger partial charge in [-0.15, -0.1) is 11.5 Å². The van der Waals surface area contributed by atoms with Crippen molar-refractivity contribution in [2.45, 2.75) is 40.0 Å². The van der Waals surface area contributed by atoms with E-state index in [2.05, 4.69) is 43.1 Å². The molecule has 0 unspecified atom stereocenters. The van der Waals surface area contributed by atoms with Gasteiger partial charge in [0.15, 0.2) is 0 Å². The fourth-order valence-electron chi connectivity index (χ4n) is 1.67. The van der Waals surface area contributed by atoms with Crippen LogP contribution in [0.3, 0.4) is 0 Å². The van der Waals surface area contributed by atoms with E-state index in [1.807, 2.05) is 31.0 Å². The van der Waals surface area contributed by atoms with Crippen LogP contribution in [0.2, 0.25) is 0 Å². The lowest BCUT2D eigenvalue weighted by atomic mass is 9.86. The highest BCUT2D eigenvalue weighted by Gasteiger charge is 2.15. The highest BCUT2D eigenvalue weighted by Crippen LogP contribution is 2.28. The Kier molecular flexibility index (Phi) is 5.11. The van der Waals surface area contributed by atoms with Gasteiger partial charge in [0.1, 0.15) is 5.69 Å². The zero-order chi connectivity index (χ0) is 14.5. The number of hydrogen-bond donors (Lipinski definition) is 0. The quantitative estimate of drug-likeness (QED) is 0.449. The first-order valence-electron chi connectivity index (χ1n) is 6.70. The molecule has 0 aliphatic heterocycles. The van der Waals surface area contributed by atoms with Crippen LogP contribution in [-0.2, 0) is 5.41 Å². The lowest BCUT2D eigenvalue weighted by molar-refractivity contribution is 0.300. The first-order valence-corrected chi connectivity index (χ1v) is 6.70. The van der Waals surface area contributed by atoms with E-state index in [0.717, 1.165) is 24.3 Å². The van der Waals surface area contributed by atoms with E-state index in [0.29, 0.717) is 0 Å². The van der Waals surface area contributed by atoms with Crippen molar-refractivity contribution in [1.82, 2.24) is 5.01 Å². The fourth-order valence-corrected chi connectivity index (χ4v) is 1.67. The summed E-state index contributed by atoms with van der Waals surface area (Å²) in [6.45, 7) is 12.3. The Morgan fingerprint density at radius 2 is 1.84 bits per heavy atom. The normalized spacial score (nSPS) is 11.6. The van der Waals surface area contributed by atoms with Crippen molar-refractivity contribution in [3.05, 3.63) is 29.3 Å². The van der Waals surface area contributed by atoms with Gasteiger partial charge in [0.05, 0.1) is 5.56 Å². The minimum Gasteiger partial charge on any atom is -0.279 e. The SMILES string of the molecule is C#Cc1cc(C(C)(C)C)ccc1N=NN(CC)CC. The molecule has 102 valence electrons. The lowest BCUT2D eigenvalue weighted by Crippen LogP contribution is -2.14. The largest absolute Gasteiger partial charge is 0.279 e. The molecule has 1 aromatic carbocycles. The molecule has 0 amide bonds. The minimum absolute atomic E-state index is 0.0835. The standard InChI is InChI=1S/C16H23N3/c1-7-13-12-14(16(4,5)6)10-11-15(13)17-18-19(8-2)9-3/h1,10-12H,8-9H2,2-6H3. The van der Waals surface area contributed by atoms with Crippen molar-refractivity contribution in [3.63, 3.8) is 0 Å². The van der Waals surface area contributed by atoms with Gasteiger partial charge in [0, 0.05) is 13.1 Å². The van der Waals surface area contributed by atoms with E-state index in [1.165, 1.54) is 5.56 Å². The monoisotopic (exact) mass is 257 g/mol. The Morgan fingerprint density at radius 1 is 1.21 bits per heavy atom. The summed E-state index contributed by atoms with van der Waals surface area (Å²) in [6, 6.07) is 6.04. The van der Waals surface area contributed by atoms with Crippen molar-refractivity contribution in [1.29, 1.82) is 0 Å². The van der Waals surface area contributed by atoms with E-state index >= 15 is 0 Å². The van der Waals surface area contributed by atoms with Gasteiger partial charge in [-0.25, -0.2) is 0 Å². The zero-order valence-corrected chi connectivity index (χ0v) is 12.6. The van der Waals surface area contributed by atoms with Crippen LogP contribution in [0.15, 0.2) is 28.5 Å². The van der Waals surface area contributed by atoms with Crippen LogP contribution in [0.4, 0.5) is 5.69 Å². The highest BCUT2D eigenvalue weighted by molar-refractivity contribution is 5.56. The average Bonchev–Trinajstić information content (AvgIpc) is 2.38. The molecule has 0 radical (unpaired) electrons. The third-order valence-corrected chi connectivity index (χ3v) is 3.03. The number of benzene rings is 1.